The van der Waals surface area contributed by atoms with E-state index in [2.05, 4.69) is 276 Å². The molecule has 10 nitrogen and oxygen atoms in total. The van der Waals surface area contributed by atoms with E-state index in [1.807, 2.05) is 24.3 Å². The number of hydrogen-bond donors (Lipinski definition) is 4. The van der Waals surface area contributed by atoms with E-state index in [-0.39, 0.29) is 0 Å². The monoisotopic (exact) mass is 1310 g/mol. The molecule has 6 N–H and O–H groups in total. The first kappa shape index (κ1) is 71.0. The van der Waals surface area contributed by atoms with Gasteiger partial charge in [0.15, 0.2) is 0 Å². The molecular weight excluding hydrogens is 1210 g/mol. The van der Waals surface area contributed by atoms with E-state index in [1.54, 1.807) is 0 Å². The number of carbonyl (C=O) groups excluding carboxylic acids is 2. The molecule has 0 aliphatic carbocycles. The third-order valence-electron chi connectivity index (χ3n) is 18.6. The molecule has 0 atom stereocenters. The smallest absolute Gasteiger partial charge is 0.411 e. The van der Waals surface area contributed by atoms with E-state index in [0.29, 0.717) is 37.8 Å². The van der Waals surface area contributed by atoms with Crippen LogP contribution >= 0.6 is 0 Å². The van der Waals surface area contributed by atoms with Gasteiger partial charge in [-0.25, -0.2) is 9.59 Å². The number of unbranched alkanes of at least 4 members (excludes halogenated alkanes) is 13. The lowest BCUT2D eigenvalue weighted by molar-refractivity contribution is -0.671. The Kier molecular flexibility index (Phi) is 28.6. The Hall–Kier alpha value is -9.74. The van der Waals surface area contributed by atoms with Crippen LogP contribution in [0.4, 0.5) is 21.0 Å². The van der Waals surface area contributed by atoms with Gasteiger partial charge in [0.1, 0.15) is 24.6 Å². The van der Waals surface area contributed by atoms with Crippen molar-refractivity contribution in [3.05, 3.63) is 335 Å². The second kappa shape index (κ2) is 39.5. The molecule has 0 unspecified atom stereocenters. The number of anilines is 2. The van der Waals surface area contributed by atoms with Gasteiger partial charge in [0.2, 0.25) is 0 Å². The molecule has 10 aromatic rings. The van der Waals surface area contributed by atoms with Crippen LogP contribution in [0.25, 0.3) is 0 Å². The number of nitrogens with one attached hydrogen (secondary N) is 2. The fourth-order valence-corrected chi connectivity index (χ4v) is 13.5. The molecule has 2 amide bonds. The number of hydrogen-bond acceptors (Lipinski definition) is 6. The normalized spacial score (nSPS) is 11.4. The number of carbonyl (C=O) groups is 2. The van der Waals surface area contributed by atoms with Crippen molar-refractivity contribution in [1.29, 1.82) is 0 Å². The zero-order chi connectivity index (χ0) is 67.4. The summed E-state index contributed by atoms with van der Waals surface area (Å²) in [4.78, 5) is 25.6. The van der Waals surface area contributed by atoms with Gasteiger partial charge in [0, 0.05) is 22.5 Å². The van der Waals surface area contributed by atoms with Crippen molar-refractivity contribution in [1.82, 2.24) is 0 Å². The lowest BCUT2D eigenvalue weighted by Crippen LogP contribution is -2.82. The first-order chi connectivity index (χ1) is 48.5. The van der Waals surface area contributed by atoms with Crippen molar-refractivity contribution in [2.24, 2.45) is 0 Å². The highest BCUT2D eigenvalue weighted by Crippen LogP contribution is 2.47. The molecular formula is C88H100N4O6+2. The Balaban J connectivity index is 0.488. The van der Waals surface area contributed by atoms with E-state index < -0.39 is 23.0 Å². The lowest BCUT2D eigenvalue weighted by atomic mass is 9.65. The van der Waals surface area contributed by atoms with Crippen LogP contribution in [0.15, 0.2) is 279 Å². The Morgan fingerprint density at radius 2 is 0.510 bits per heavy atom. The van der Waals surface area contributed by atoms with Gasteiger partial charge >= 0.3 is 12.2 Å². The molecule has 10 rings (SSSR count). The summed E-state index contributed by atoms with van der Waals surface area (Å²) in [6.45, 7) is 6.42. The molecule has 0 spiro atoms. The van der Waals surface area contributed by atoms with Crippen LogP contribution in [0, 0.1) is 0 Å². The van der Waals surface area contributed by atoms with Crippen LogP contribution in [0.5, 0.6) is 11.5 Å². The first-order valence-electron chi connectivity index (χ1n) is 36.0. The number of benzene rings is 10. The van der Waals surface area contributed by atoms with E-state index in [9.17, 15) is 9.59 Å². The Labute approximate surface area is 582 Å². The number of amides is 2. The highest BCUT2D eigenvalue weighted by atomic mass is 16.6. The minimum atomic E-state index is -0.541. The summed E-state index contributed by atoms with van der Waals surface area (Å²) in [6.07, 6.45) is 17.1. The molecule has 0 saturated heterocycles. The largest absolute Gasteiger partial charge is 0.494 e. The van der Waals surface area contributed by atoms with Crippen LogP contribution < -0.4 is 30.7 Å². The Morgan fingerprint density at radius 3 is 0.796 bits per heavy atom. The molecule has 0 aliphatic heterocycles. The molecule has 506 valence electrons. The minimum Gasteiger partial charge on any atom is -0.494 e. The summed E-state index contributed by atoms with van der Waals surface area (Å²) in [5, 5.41) is 10.7. The van der Waals surface area contributed by atoms with E-state index >= 15 is 0 Å². The zero-order valence-corrected chi connectivity index (χ0v) is 57.1. The molecule has 0 aliphatic rings. The fraction of sp³-hybridized carbons (Fsp3) is 0.295. The standard InChI is InChI=1S/C88H98N4O6/c93-85(91-81-55-51-79(52-56-81)87(73-35-17-11-18-36-73,74-37-19-12-20-38-74)75-39-21-13-22-40-75)97-67-33-9-7-31-65-95-83-59-47-71(48-60-83)69-89-63-29-5-3-1-2-4-6-30-64-90-70-72-49-61-84(62-50-72)96-66-32-8-10-34-68-98-86(94)92-82-57-53-80(54-58-82)88(76-41-23-14-24-42-76,77-43-25-15-26-44-77)78-45-27-16-28-46-78/h11-28,35-62,89-90H,1-10,29-34,63-70H2,(H,91,93)(H,92,94)/p+2. The average Bonchev–Trinajstić information content (AvgIpc) is 0.746. The number of rotatable bonds is 41. The van der Waals surface area contributed by atoms with Gasteiger partial charge in [-0.1, -0.05) is 232 Å². The predicted octanol–water partition coefficient (Wildman–Crippen LogP) is 18.8. The zero-order valence-electron chi connectivity index (χ0n) is 57.1. The summed E-state index contributed by atoms with van der Waals surface area (Å²) in [5.41, 5.74) is 12.2. The average molecular weight is 1310 g/mol. The third kappa shape index (κ3) is 20.9. The van der Waals surface area contributed by atoms with Gasteiger partial charge in [-0.3, -0.25) is 10.6 Å². The lowest BCUT2D eigenvalue weighted by Gasteiger charge is -2.37. The van der Waals surface area contributed by atoms with Crippen molar-refractivity contribution >= 4 is 23.6 Å². The Morgan fingerprint density at radius 1 is 0.265 bits per heavy atom. The van der Waals surface area contributed by atoms with Gasteiger partial charge in [-0.05, 0) is 194 Å². The van der Waals surface area contributed by atoms with Crippen molar-refractivity contribution in [3.63, 3.8) is 0 Å². The van der Waals surface area contributed by atoms with E-state index in [0.717, 1.165) is 87.1 Å². The quantitative estimate of drug-likeness (QED) is 0.0223. The molecule has 10 aromatic carbocycles. The summed E-state index contributed by atoms with van der Waals surface area (Å²) >= 11 is 0. The number of nitrogens with two attached hydrogens (primary N) is 2. The molecule has 0 fully saturated rings. The molecule has 0 aromatic heterocycles. The SMILES string of the molecule is O=C(Nc1ccc(C(c2ccccc2)(c2ccccc2)c2ccccc2)cc1)OCCCCCCOc1ccc(C[NH2+]CCCCCCCCCC[NH2+]Cc2ccc(OCCCCCCOC(=O)Nc3ccc(C(c4ccccc4)(c4ccccc4)c4ccccc4)cc3)cc2)cc1. The maximum absolute atomic E-state index is 12.8. The number of ether oxygens (including phenoxy) is 4. The van der Waals surface area contributed by atoms with Crippen molar-refractivity contribution in [3.8, 4) is 11.5 Å². The molecule has 10 heteroatoms. The van der Waals surface area contributed by atoms with Gasteiger partial charge in [0.25, 0.3) is 0 Å². The molecule has 0 bridgehead atoms. The second-order valence-electron chi connectivity index (χ2n) is 25.6. The van der Waals surface area contributed by atoms with Crippen LogP contribution in [0.1, 0.15) is 158 Å². The molecule has 98 heavy (non-hydrogen) atoms. The fourth-order valence-electron chi connectivity index (χ4n) is 13.5. The summed E-state index contributed by atoms with van der Waals surface area (Å²) in [5.74, 6) is 1.83. The highest BCUT2D eigenvalue weighted by molar-refractivity contribution is 5.85. The second-order valence-corrected chi connectivity index (χ2v) is 25.6. The Bertz CT molecular complexity index is 3380. The van der Waals surface area contributed by atoms with Crippen molar-refractivity contribution in [2.75, 3.05) is 50.2 Å². The number of quaternary nitrogens is 2. The van der Waals surface area contributed by atoms with E-state index in [1.165, 1.54) is 109 Å². The highest BCUT2D eigenvalue weighted by Gasteiger charge is 2.39. The topological polar surface area (TPSA) is 128 Å². The maximum Gasteiger partial charge on any atom is 0.411 e. The van der Waals surface area contributed by atoms with Crippen LogP contribution in [-0.4, -0.2) is 51.7 Å². The third-order valence-corrected chi connectivity index (χ3v) is 18.6. The summed E-state index contributed by atoms with van der Waals surface area (Å²) in [6, 6.07) is 97.1. The summed E-state index contributed by atoms with van der Waals surface area (Å²) < 4.78 is 23.2. The van der Waals surface area contributed by atoms with Gasteiger partial charge in [0.05, 0.1) is 50.3 Å². The van der Waals surface area contributed by atoms with Gasteiger partial charge in [-0.15, -0.1) is 0 Å². The molecule has 0 heterocycles. The molecule has 0 saturated carbocycles. The maximum atomic E-state index is 12.8. The van der Waals surface area contributed by atoms with Gasteiger partial charge in [-0.2, -0.15) is 0 Å². The minimum absolute atomic E-state index is 0.374. The van der Waals surface area contributed by atoms with Crippen LogP contribution in [-0.2, 0) is 33.4 Å². The van der Waals surface area contributed by atoms with Crippen molar-refractivity contribution in [2.45, 2.75) is 127 Å². The van der Waals surface area contributed by atoms with Crippen molar-refractivity contribution < 1.29 is 39.2 Å². The van der Waals surface area contributed by atoms with Gasteiger partial charge < -0.3 is 29.6 Å². The first-order valence-corrected chi connectivity index (χ1v) is 36.0. The van der Waals surface area contributed by atoms with Crippen LogP contribution in [0.2, 0.25) is 0 Å². The molecule has 0 radical (unpaired) electrons. The summed E-state index contributed by atoms with van der Waals surface area (Å²) in [7, 11) is 0. The predicted molar refractivity (Wildman–Crippen MR) is 398 cm³/mol. The van der Waals surface area contributed by atoms with E-state index in [4.69, 9.17) is 18.9 Å². The van der Waals surface area contributed by atoms with Crippen LogP contribution in [0.3, 0.4) is 0 Å².